The summed E-state index contributed by atoms with van der Waals surface area (Å²) in [4.78, 5) is 5.38. The smallest absolute Gasteiger partial charge is 0.231 e. The number of aliphatic imine (C=N–C) groups is 1. The zero-order valence-electron chi connectivity index (χ0n) is 22.3. The van der Waals surface area contributed by atoms with Crippen molar-refractivity contribution in [3.05, 3.63) is 144 Å². The van der Waals surface area contributed by atoms with Crippen molar-refractivity contribution in [3.63, 3.8) is 0 Å². The highest BCUT2D eigenvalue weighted by Gasteiger charge is 2.45. The van der Waals surface area contributed by atoms with Crippen LogP contribution in [0.2, 0.25) is 0 Å². The fraction of sp³-hybridized carbons (Fsp3) is 0.143. The molecule has 4 aromatic rings. The molecule has 0 bridgehead atoms. The number of hydrogen-bond donors (Lipinski definition) is 0. The number of nitrogens with zero attached hydrogens (tertiary/aromatic N) is 4. The van der Waals surface area contributed by atoms with Gasteiger partial charge in [-0.15, -0.1) is 6.58 Å². The molecule has 198 valence electrons. The predicted molar refractivity (Wildman–Crippen MR) is 156 cm³/mol. The number of allylic oxidation sites excluding steroid dienone is 1. The Bertz CT molecular complexity index is 1640. The summed E-state index contributed by atoms with van der Waals surface area (Å²) in [5.74, 6) is 0.411. The third-order valence-electron chi connectivity index (χ3n) is 7.21. The topological polar surface area (TPSA) is 102 Å². The van der Waals surface area contributed by atoms with Crippen LogP contribution >= 0.6 is 0 Å². The van der Waals surface area contributed by atoms with Gasteiger partial charge >= 0.3 is 0 Å². The molecule has 1 aliphatic rings. The summed E-state index contributed by atoms with van der Waals surface area (Å²) in [5.41, 5.74) is 2.95. The van der Waals surface area contributed by atoms with Gasteiger partial charge in [0.05, 0.1) is 35.5 Å². The number of rotatable bonds is 9. The van der Waals surface area contributed by atoms with E-state index in [-0.39, 0.29) is 13.2 Å². The van der Waals surface area contributed by atoms with E-state index in [9.17, 15) is 15.8 Å². The highest BCUT2D eigenvalue weighted by atomic mass is 16.7. The van der Waals surface area contributed by atoms with Gasteiger partial charge < -0.3 is 9.47 Å². The molecule has 6 heteroatoms. The second-order valence-corrected chi connectivity index (χ2v) is 9.67. The quantitative estimate of drug-likeness (QED) is 0.166. The number of benzene rings is 4. The Balaban J connectivity index is 1.82. The maximum Gasteiger partial charge on any atom is 0.231 e. The van der Waals surface area contributed by atoms with Crippen LogP contribution in [0.5, 0.6) is 11.5 Å². The molecule has 0 N–H and O–H groups in total. The summed E-state index contributed by atoms with van der Waals surface area (Å²) >= 11 is 0. The molecule has 0 amide bonds. The first-order valence-corrected chi connectivity index (χ1v) is 13.1. The third kappa shape index (κ3) is 5.44. The van der Waals surface area contributed by atoms with Crippen molar-refractivity contribution >= 4 is 5.71 Å². The predicted octanol–water partition coefficient (Wildman–Crippen LogP) is 7.26. The average Bonchev–Trinajstić information content (AvgIpc) is 3.51. The molecule has 2 atom stereocenters. The molecule has 0 fully saturated rings. The van der Waals surface area contributed by atoms with Gasteiger partial charge in [-0.1, -0.05) is 84.9 Å². The lowest BCUT2D eigenvalue weighted by atomic mass is 9.67. The van der Waals surface area contributed by atoms with Crippen LogP contribution in [0.15, 0.2) is 121 Å². The van der Waals surface area contributed by atoms with Crippen LogP contribution < -0.4 is 9.47 Å². The van der Waals surface area contributed by atoms with Gasteiger partial charge in [0.2, 0.25) is 6.79 Å². The number of nitriles is 3. The summed E-state index contributed by atoms with van der Waals surface area (Å²) in [6.45, 7) is 3.97. The molecule has 0 saturated heterocycles. The van der Waals surface area contributed by atoms with Gasteiger partial charge in [-0.3, -0.25) is 4.99 Å². The summed E-state index contributed by atoms with van der Waals surface area (Å²) in [5, 5.41) is 30.7. The minimum atomic E-state index is -1.52. The van der Waals surface area contributed by atoms with Crippen LogP contribution in [-0.4, -0.2) is 12.5 Å². The van der Waals surface area contributed by atoms with Crippen molar-refractivity contribution in [1.82, 2.24) is 0 Å². The van der Waals surface area contributed by atoms with Crippen molar-refractivity contribution in [2.75, 3.05) is 6.79 Å². The standard InChI is InChI=1S/C35H26N4O2/c1-2-19-35(22-37,23-38)32(29-17-18-30-31(20-29)41-24-40-30)34(28-15-13-25(21-36)14-16-28)39-33(26-9-5-3-6-10-26)27-11-7-4-8-12-27/h2-18,20,32,34H,1,19,24H2. The Morgan fingerprint density at radius 1 is 0.805 bits per heavy atom. The molecule has 0 aliphatic carbocycles. The second-order valence-electron chi connectivity index (χ2n) is 9.67. The molecule has 0 aromatic heterocycles. The van der Waals surface area contributed by atoms with Gasteiger partial charge in [-0.05, 0) is 41.8 Å². The third-order valence-corrected chi connectivity index (χ3v) is 7.21. The molecule has 1 aliphatic heterocycles. The highest BCUT2D eigenvalue weighted by molar-refractivity contribution is 6.13. The van der Waals surface area contributed by atoms with Crippen molar-refractivity contribution in [3.8, 4) is 29.7 Å². The number of fused-ring (bicyclic) bond motifs is 1. The molecule has 1 heterocycles. The zero-order valence-corrected chi connectivity index (χ0v) is 22.3. The van der Waals surface area contributed by atoms with Gasteiger partial charge in [-0.25, -0.2) is 0 Å². The van der Waals surface area contributed by atoms with Crippen LogP contribution in [0.1, 0.15) is 46.2 Å². The zero-order chi connectivity index (χ0) is 28.7. The first-order valence-electron chi connectivity index (χ1n) is 13.1. The highest BCUT2D eigenvalue weighted by Crippen LogP contribution is 2.50. The molecular weight excluding hydrogens is 508 g/mol. The van der Waals surface area contributed by atoms with Crippen molar-refractivity contribution in [1.29, 1.82) is 15.8 Å². The molecule has 0 saturated carbocycles. The first kappa shape index (κ1) is 26.9. The fourth-order valence-electron chi connectivity index (χ4n) is 5.20. The Hall–Kier alpha value is -5.64. The SMILES string of the molecule is C=CCC(C#N)(C#N)C(c1ccc2c(c1)OCO2)C(N=C(c1ccccc1)c1ccccc1)c1ccc(C#N)cc1. The summed E-state index contributed by atoms with van der Waals surface area (Å²) in [6.07, 6.45) is 1.72. The molecule has 41 heavy (non-hydrogen) atoms. The van der Waals surface area contributed by atoms with E-state index in [0.29, 0.717) is 22.6 Å². The first-order chi connectivity index (χ1) is 20.1. The molecule has 0 radical (unpaired) electrons. The Morgan fingerprint density at radius 2 is 1.39 bits per heavy atom. The van der Waals surface area contributed by atoms with Gasteiger partial charge in [-0.2, -0.15) is 15.8 Å². The molecule has 2 unspecified atom stereocenters. The van der Waals surface area contributed by atoms with E-state index in [1.54, 1.807) is 24.3 Å². The van der Waals surface area contributed by atoms with Gasteiger partial charge in [0.25, 0.3) is 0 Å². The van der Waals surface area contributed by atoms with Crippen LogP contribution in [0.3, 0.4) is 0 Å². The largest absolute Gasteiger partial charge is 0.454 e. The van der Waals surface area contributed by atoms with E-state index in [4.69, 9.17) is 14.5 Å². The van der Waals surface area contributed by atoms with E-state index in [1.807, 2.05) is 84.9 Å². The lowest BCUT2D eigenvalue weighted by molar-refractivity contribution is 0.174. The molecule has 6 nitrogen and oxygen atoms in total. The normalized spacial score (nSPS) is 13.1. The summed E-state index contributed by atoms with van der Waals surface area (Å²) in [7, 11) is 0. The second kappa shape index (κ2) is 12.0. The van der Waals surface area contributed by atoms with Gasteiger partial charge in [0, 0.05) is 17.0 Å². The lowest BCUT2D eigenvalue weighted by Crippen LogP contribution is -2.30. The Kier molecular flexibility index (Phi) is 7.91. The maximum absolute atomic E-state index is 10.6. The van der Waals surface area contributed by atoms with Crippen LogP contribution in [-0.2, 0) is 0 Å². The lowest BCUT2D eigenvalue weighted by Gasteiger charge is -2.34. The minimum absolute atomic E-state index is 0.0983. The molecular formula is C35H26N4O2. The summed E-state index contributed by atoms with van der Waals surface area (Å²) in [6, 6.07) is 38.4. The van der Waals surface area contributed by atoms with E-state index in [1.165, 1.54) is 0 Å². The molecule has 5 rings (SSSR count). The maximum atomic E-state index is 10.6. The molecule has 0 spiro atoms. The number of hydrogen-bond acceptors (Lipinski definition) is 6. The Morgan fingerprint density at radius 3 is 1.95 bits per heavy atom. The average molecular weight is 535 g/mol. The van der Waals surface area contributed by atoms with Gasteiger partial charge in [0.15, 0.2) is 16.9 Å². The minimum Gasteiger partial charge on any atom is -0.454 e. The van der Waals surface area contributed by atoms with E-state index >= 15 is 0 Å². The summed E-state index contributed by atoms with van der Waals surface area (Å²) < 4.78 is 11.2. The number of ether oxygens (including phenoxy) is 2. The monoisotopic (exact) mass is 534 g/mol. The van der Waals surface area contributed by atoms with E-state index in [2.05, 4.69) is 24.8 Å². The van der Waals surface area contributed by atoms with Crippen molar-refractivity contribution in [2.24, 2.45) is 10.4 Å². The fourth-order valence-corrected chi connectivity index (χ4v) is 5.20. The van der Waals surface area contributed by atoms with E-state index in [0.717, 1.165) is 22.4 Å². The molecule has 4 aromatic carbocycles. The van der Waals surface area contributed by atoms with Crippen molar-refractivity contribution in [2.45, 2.75) is 18.4 Å². The Labute approximate surface area is 239 Å². The van der Waals surface area contributed by atoms with E-state index < -0.39 is 17.4 Å². The van der Waals surface area contributed by atoms with Crippen LogP contribution in [0.25, 0.3) is 0 Å². The van der Waals surface area contributed by atoms with Crippen LogP contribution in [0, 0.1) is 39.4 Å². The van der Waals surface area contributed by atoms with Crippen LogP contribution in [0.4, 0.5) is 0 Å². The van der Waals surface area contributed by atoms with Gasteiger partial charge in [0.1, 0.15) is 0 Å². The van der Waals surface area contributed by atoms with Crippen molar-refractivity contribution < 1.29 is 9.47 Å².